The summed E-state index contributed by atoms with van der Waals surface area (Å²) in [5.74, 6) is 0. The van der Waals surface area contributed by atoms with Crippen LogP contribution in [-0.2, 0) is 11.3 Å². The molecule has 1 aromatic heterocycles. The smallest absolute Gasteiger partial charge is 0.0587 e. The average Bonchev–Trinajstić information content (AvgIpc) is 2.74. The predicted octanol–water partition coefficient (Wildman–Crippen LogP) is 2.19. The fraction of sp³-hybridized carbons (Fsp3) is 0.429. The van der Waals surface area contributed by atoms with Gasteiger partial charge in [-0.05, 0) is 24.6 Å². The van der Waals surface area contributed by atoms with E-state index in [9.17, 15) is 0 Å². The molecule has 0 saturated heterocycles. The van der Waals surface area contributed by atoms with E-state index in [2.05, 4.69) is 47.3 Å². The van der Waals surface area contributed by atoms with Crippen LogP contribution < -0.4 is 5.32 Å². The van der Waals surface area contributed by atoms with Crippen LogP contribution in [0.2, 0.25) is 0 Å². The van der Waals surface area contributed by atoms with Crippen LogP contribution in [0.5, 0.6) is 0 Å². The standard InChI is InChI=1S/C14H20N2O/c1-12-4-3-5-14-13(12)6-9-16(14)10-7-15-8-11-17-2/h3-6,9,15H,7-8,10-11H2,1-2H3. The van der Waals surface area contributed by atoms with Gasteiger partial charge in [0.25, 0.3) is 0 Å². The number of ether oxygens (including phenoxy) is 1. The summed E-state index contributed by atoms with van der Waals surface area (Å²) in [6.45, 7) is 5.81. The molecule has 1 aromatic carbocycles. The average molecular weight is 232 g/mol. The van der Waals surface area contributed by atoms with Gasteiger partial charge in [0, 0.05) is 43.8 Å². The van der Waals surface area contributed by atoms with Gasteiger partial charge in [0.05, 0.1) is 6.61 Å². The summed E-state index contributed by atoms with van der Waals surface area (Å²) in [4.78, 5) is 0. The first-order valence-electron chi connectivity index (χ1n) is 6.07. The van der Waals surface area contributed by atoms with Gasteiger partial charge in [0.1, 0.15) is 0 Å². The topological polar surface area (TPSA) is 26.2 Å². The molecule has 0 spiro atoms. The third kappa shape index (κ3) is 2.87. The number of benzene rings is 1. The Kier molecular flexibility index (Phi) is 4.18. The number of hydrogen-bond acceptors (Lipinski definition) is 2. The van der Waals surface area contributed by atoms with E-state index in [1.807, 2.05) is 0 Å². The maximum atomic E-state index is 5.00. The van der Waals surface area contributed by atoms with Gasteiger partial charge in [-0.1, -0.05) is 12.1 Å². The minimum Gasteiger partial charge on any atom is -0.383 e. The molecule has 3 heteroatoms. The van der Waals surface area contributed by atoms with E-state index in [-0.39, 0.29) is 0 Å². The Labute approximate surface area is 102 Å². The minimum atomic E-state index is 0.769. The zero-order chi connectivity index (χ0) is 12.1. The van der Waals surface area contributed by atoms with Crippen molar-refractivity contribution < 1.29 is 4.74 Å². The molecular formula is C14H20N2O. The lowest BCUT2D eigenvalue weighted by atomic mass is 10.1. The van der Waals surface area contributed by atoms with Gasteiger partial charge >= 0.3 is 0 Å². The van der Waals surface area contributed by atoms with Crippen molar-refractivity contribution in [3.63, 3.8) is 0 Å². The van der Waals surface area contributed by atoms with Gasteiger partial charge < -0.3 is 14.6 Å². The monoisotopic (exact) mass is 232 g/mol. The highest BCUT2D eigenvalue weighted by Gasteiger charge is 2.01. The summed E-state index contributed by atoms with van der Waals surface area (Å²) in [5, 5.41) is 4.71. The molecule has 0 aliphatic carbocycles. The SMILES string of the molecule is COCCNCCn1ccc2c(C)cccc21. The van der Waals surface area contributed by atoms with Crippen LogP contribution in [-0.4, -0.2) is 31.4 Å². The number of aromatic nitrogens is 1. The Morgan fingerprint density at radius 2 is 2.12 bits per heavy atom. The molecule has 3 nitrogen and oxygen atoms in total. The molecule has 2 rings (SSSR count). The number of methoxy groups -OCH3 is 1. The van der Waals surface area contributed by atoms with E-state index in [1.54, 1.807) is 7.11 Å². The highest BCUT2D eigenvalue weighted by molar-refractivity contribution is 5.83. The molecule has 0 aliphatic rings. The van der Waals surface area contributed by atoms with Gasteiger partial charge in [-0.15, -0.1) is 0 Å². The Morgan fingerprint density at radius 3 is 2.94 bits per heavy atom. The molecule has 0 amide bonds. The van der Waals surface area contributed by atoms with Crippen molar-refractivity contribution in [2.24, 2.45) is 0 Å². The quantitative estimate of drug-likeness (QED) is 0.773. The van der Waals surface area contributed by atoms with Crippen molar-refractivity contribution in [3.8, 4) is 0 Å². The Bertz CT molecular complexity index is 476. The predicted molar refractivity (Wildman–Crippen MR) is 71.4 cm³/mol. The fourth-order valence-electron chi connectivity index (χ4n) is 2.07. The highest BCUT2D eigenvalue weighted by Crippen LogP contribution is 2.19. The third-order valence-corrected chi connectivity index (χ3v) is 3.04. The van der Waals surface area contributed by atoms with Crippen molar-refractivity contribution >= 4 is 10.9 Å². The third-order valence-electron chi connectivity index (χ3n) is 3.04. The molecule has 1 N–H and O–H groups in total. The van der Waals surface area contributed by atoms with Crippen molar-refractivity contribution in [3.05, 3.63) is 36.0 Å². The largest absolute Gasteiger partial charge is 0.383 e. The molecule has 0 atom stereocenters. The minimum absolute atomic E-state index is 0.769. The summed E-state index contributed by atoms with van der Waals surface area (Å²) in [6.07, 6.45) is 2.16. The van der Waals surface area contributed by atoms with Crippen molar-refractivity contribution in [2.75, 3.05) is 26.8 Å². The van der Waals surface area contributed by atoms with E-state index < -0.39 is 0 Å². The van der Waals surface area contributed by atoms with Crippen LogP contribution in [0, 0.1) is 6.92 Å². The zero-order valence-electron chi connectivity index (χ0n) is 10.6. The Morgan fingerprint density at radius 1 is 1.24 bits per heavy atom. The molecule has 1 heterocycles. The number of hydrogen-bond donors (Lipinski definition) is 1. The highest BCUT2D eigenvalue weighted by atomic mass is 16.5. The lowest BCUT2D eigenvalue weighted by molar-refractivity contribution is 0.199. The number of nitrogens with one attached hydrogen (secondary N) is 1. The maximum absolute atomic E-state index is 5.00. The first-order valence-corrected chi connectivity index (χ1v) is 6.07. The van der Waals surface area contributed by atoms with E-state index in [4.69, 9.17) is 4.74 Å². The number of aryl methyl sites for hydroxylation is 1. The van der Waals surface area contributed by atoms with Crippen molar-refractivity contribution in [1.82, 2.24) is 9.88 Å². The molecule has 92 valence electrons. The Hall–Kier alpha value is -1.32. The molecule has 17 heavy (non-hydrogen) atoms. The number of fused-ring (bicyclic) bond motifs is 1. The number of rotatable bonds is 6. The molecule has 0 radical (unpaired) electrons. The summed E-state index contributed by atoms with van der Waals surface area (Å²) in [7, 11) is 1.73. The van der Waals surface area contributed by atoms with Crippen LogP contribution >= 0.6 is 0 Å². The van der Waals surface area contributed by atoms with E-state index in [0.717, 1.165) is 26.2 Å². The van der Waals surface area contributed by atoms with Gasteiger partial charge in [0.2, 0.25) is 0 Å². The second-order valence-corrected chi connectivity index (χ2v) is 4.26. The summed E-state index contributed by atoms with van der Waals surface area (Å²) in [5.41, 5.74) is 2.66. The molecule has 0 aliphatic heterocycles. The zero-order valence-corrected chi connectivity index (χ0v) is 10.6. The Balaban J connectivity index is 1.97. The maximum Gasteiger partial charge on any atom is 0.0587 e. The summed E-state index contributed by atoms with van der Waals surface area (Å²) in [6, 6.07) is 8.65. The van der Waals surface area contributed by atoms with Crippen LogP contribution in [0.25, 0.3) is 10.9 Å². The van der Waals surface area contributed by atoms with Crippen LogP contribution in [0.1, 0.15) is 5.56 Å². The lowest BCUT2D eigenvalue weighted by Crippen LogP contribution is -2.23. The second kappa shape index (κ2) is 5.84. The molecule has 0 unspecified atom stereocenters. The van der Waals surface area contributed by atoms with E-state index in [0.29, 0.717) is 0 Å². The van der Waals surface area contributed by atoms with E-state index in [1.165, 1.54) is 16.5 Å². The van der Waals surface area contributed by atoms with Gasteiger partial charge in [-0.25, -0.2) is 0 Å². The van der Waals surface area contributed by atoms with Crippen LogP contribution in [0.3, 0.4) is 0 Å². The first kappa shape index (κ1) is 12.1. The van der Waals surface area contributed by atoms with Gasteiger partial charge in [0.15, 0.2) is 0 Å². The van der Waals surface area contributed by atoms with Crippen molar-refractivity contribution in [2.45, 2.75) is 13.5 Å². The van der Waals surface area contributed by atoms with Gasteiger partial charge in [-0.3, -0.25) is 0 Å². The second-order valence-electron chi connectivity index (χ2n) is 4.26. The normalized spacial score (nSPS) is 11.2. The molecule has 0 bridgehead atoms. The van der Waals surface area contributed by atoms with E-state index >= 15 is 0 Å². The number of nitrogens with zero attached hydrogens (tertiary/aromatic N) is 1. The summed E-state index contributed by atoms with van der Waals surface area (Å²) >= 11 is 0. The molecule has 0 saturated carbocycles. The van der Waals surface area contributed by atoms with Crippen LogP contribution in [0.15, 0.2) is 30.5 Å². The van der Waals surface area contributed by atoms with Gasteiger partial charge in [-0.2, -0.15) is 0 Å². The molecule has 2 aromatic rings. The fourth-order valence-corrected chi connectivity index (χ4v) is 2.07. The van der Waals surface area contributed by atoms with Crippen molar-refractivity contribution in [1.29, 1.82) is 0 Å². The lowest BCUT2D eigenvalue weighted by Gasteiger charge is -2.07. The first-order chi connectivity index (χ1) is 8.33. The summed E-state index contributed by atoms with van der Waals surface area (Å²) < 4.78 is 7.29. The van der Waals surface area contributed by atoms with Crippen LogP contribution in [0.4, 0.5) is 0 Å². The molecular weight excluding hydrogens is 212 g/mol. The molecule has 0 fully saturated rings.